The van der Waals surface area contributed by atoms with Crippen LogP contribution in [0.5, 0.6) is 0 Å². The van der Waals surface area contributed by atoms with Crippen LogP contribution in [0.25, 0.3) is 0 Å². The molecule has 0 aliphatic carbocycles. The summed E-state index contributed by atoms with van der Waals surface area (Å²) >= 11 is 0. The van der Waals surface area contributed by atoms with Gasteiger partial charge in [-0.15, -0.1) is 0 Å². The quantitative estimate of drug-likeness (QED) is 0.456. The summed E-state index contributed by atoms with van der Waals surface area (Å²) in [5, 5.41) is 2.63. The molecule has 0 aliphatic rings. The molecule has 0 saturated heterocycles. The first-order valence-electron chi connectivity index (χ1n) is 6.31. The lowest BCUT2D eigenvalue weighted by molar-refractivity contribution is -0.170. The average Bonchev–Trinajstić information content (AvgIpc) is 2.51. The van der Waals surface area contributed by atoms with Crippen molar-refractivity contribution in [2.45, 2.75) is 12.7 Å². The third-order valence-corrected chi connectivity index (χ3v) is 2.75. The van der Waals surface area contributed by atoms with Crippen LogP contribution >= 0.6 is 0 Å². The maximum atomic E-state index is 12.8. The van der Waals surface area contributed by atoms with E-state index in [1.807, 2.05) is 0 Å². The zero-order chi connectivity index (χ0) is 17.5. The minimum Gasteiger partial charge on any atom is -0.466 e. The van der Waals surface area contributed by atoms with Crippen molar-refractivity contribution in [3.05, 3.63) is 46.9 Å². The van der Waals surface area contributed by atoms with E-state index in [1.165, 1.54) is 24.3 Å². The van der Waals surface area contributed by atoms with E-state index in [4.69, 9.17) is 0 Å². The van der Waals surface area contributed by atoms with Gasteiger partial charge in [-0.3, -0.25) is 4.79 Å². The Labute approximate surface area is 129 Å². The molecule has 0 saturated carbocycles. The molecule has 0 heterocycles. The van der Waals surface area contributed by atoms with Crippen molar-refractivity contribution in [2.24, 2.45) is 5.18 Å². The molecule has 0 aliphatic heterocycles. The molecule has 0 N–H and O–H groups in total. The molecule has 0 unspecified atom stereocenters. The number of hydrogen-bond acceptors (Lipinski definition) is 5. The molecule has 0 fully saturated rings. The molecule has 0 bridgehead atoms. The second kappa shape index (κ2) is 8.06. The Kier molecular flexibility index (Phi) is 6.43. The Morgan fingerprint density at radius 3 is 2.52 bits per heavy atom. The van der Waals surface area contributed by atoms with Crippen LogP contribution in [0.3, 0.4) is 0 Å². The molecular weight excluding hydrogens is 317 g/mol. The number of halogens is 3. The zero-order valence-electron chi connectivity index (χ0n) is 12.0. The van der Waals surface area contributed by atoms with Gasteiger partial charge in [-0.05, 0) is 6.07 Å². The number of amides is 1. The number of esters is 1. The van der Waals surface area contributed by atoms with Gasteiger partial charge in [0.25, 0.3) is 0 Å². The van der Waals surface area contributed by atoms with E-state index in [0.717, 1.165) is 19.3 Å². The molecule has 1 aromatic rings. The molecule has 0 spiro atoms. The van der Waals surface area contributed by atoms with E-state index in [2.05, 4.69) is 9.91 Å². The van der Waals surface area contributed by atoms with Gasteiger partial charge in [0.05, 0.1) is 7.11 Å². The number of methoxy groups -OCH3 is 1. The van der Waals surface area contributed by atoms with Crippen molar-refractivity contribution < 1.29 is 27.5 Å². The number of nitroso groups, excluding NO2 is 1. The Hall–Kier alpha value is -2.71. The molecule has 1 amide bonds. The highest BCUT2D eigenvalue weighted by molar-refractivity contribution is 5.98. The summed E-state index contributed by atoms with van der Waals surface area (Å²) in [6, 6.07) is 5.57. The van der Waals surface area contributed by atoms with Gasteiger partial charge in [-0.2, -0.15) is 18.1 Å². The fourth-order valence-electron chi connectivity index (χ4n) is 1.74. The molecule has 0 radical (unpaired) electrons. The second-order valence-corrected chi connectivity index (χ2v) is 4.25. The number of ether oxygens (including phenoxy) is 1. The molecular formula is C14H13F3N2O4. The lowest BCUT2D eigenvalue weighted by Gasteiger charge is -2.24. The Morgan fingerprint density at radius 2 is 1.96 bits per heavy atom. The number of carbonyl (C=O) groups is 2. The summed E-state index contributed by atoms with van der Waals surface area (Å²) in [6.45, 7) is -0.915. The number of nitrogens with zero attached hydrogens (tertiary/aromatic N) is 2. The van der Waals surface area contributed by atoms with Gasteiger partial charge in [-0.1, -0.05) is 29.5 Å². The first-order chi connectivity index (χ1) is 10.8. The highest BCUT2D eigenvalue weighted by atomic mass is 19.4. The number of benzene rings is 1. The van der Waals surface area contributed by atoms with Crippen LogP contribution in [0.15, 0.2) is 41.6 Å². The van der Waals surface area contributed by atoms with Crippen LogP contribution in [0.4, 0.5) is 18.9 Å². The standard InChI is InChI=1S/C14H13F3N2O4/c1-23-12(20)7-4-8-19(13(21)14(15,16)17)11-6-3-2-5-10(11)9-18-22/h2-7H,8-9H2,1H3. The molecule has 1 aromatic carbocycles. The topological polar surface area (TPSA) is 76.0 Å². The molecule has 1 rings (SSSR count). The third-order valence-electron chi connectivity index (χ3n) is 2.75. The molecule has 0 atom stereocenters. The van der Waals surface area contributed by atoms with Crippen molar-refractivity contribution in [2.75, 3.05) is 18.6 Å². The monoisotopic (exact) mass is 330 g/mol. The first-order valence-corrected chi connectivity index (χ1v) is 6.31. The number of hydrogen-bond donors (Lipinski definition) is 0. The third kappa shape index (κ3) is 5.20. The van der Waals surface area contributed by atoms with Crippen LogP contribution in [0.2, 0.25) is 0 Å². The maximum absolute atomic E-state index is 12.8. The van der Waals surface area contributed by atoms with Gasteiger partial charge in [-0.25, -0.2) is 4.79 Å². The van der Waals surface area contributed by atoms with Crippen LogP contribution in [0, 0.1) is 4.91 Å². The molecule has 6 nitrogen and oxygen atoms in total. The summed E-state index contributed by atoms with van der Waals surface area (Å²) in [5.74, 6) is -2.89. The Balaban J connectivity index is 3.19. The SMILES string of the molecule is COC(=O)C=CCN(C(=O)C(F)(F)F)c1ccccc1CN=O. The zero-order valence-corrected chi connectivity index (χ0v) is 12.0. The Morgan fingerprint density at radius 1 is 1.30 bits per heavy atom. The van der Waals surface area contributed by atoms with Crippen molar-refractivity contribution in [1.29, 1.82) is 0 Å². The number of alkyl halides is 3. The Bertz CT molecular complexity index is 614. The summed E-state index contributed by atoms with van der Waals surface area (Å²) in [6.07, 6.45) is -3.15. The number of carbonyl (C=O) groups excluding carboxylic acids is 2. The van der Waals surface area contributed by atoms with E-state index < -0.39 is 31.1 Å². The van der Waals surface area contributed by atoms with Gasteiger partial charge in [0.15, 0.2) is 0 Å². The van der Waals surface area contributed by atoms with E-state index in [-0.39, 0.29) is 11.3 Å². The van der Waals surface area contributed by atoms with Crippen LogP contribution < -0.4 is 4.90 Å². The van der Waals surface area contributed by atoms with E-state index in [9.17, 15) is 27.7 Å². The average molecular weight is 330 g/mol. The van der Waals surface area contributed by atoms with Crippen molar-refractivity contribution in [3.63, 3.8) is 0 Å². The molecule has 124 valence electrons. The molecule has 23 heavy (non-hydrogen) atoms. The minimum atomic E-state index is -5.11. The van der Waals surface area contributed by atoms with E-state index in [1.54, 1.807) is 0 Å². The number of rotatable bonds is 6. The van der Waals surface area contributed by atoms with Crippen molar-refractivity contribution >= 4 is 17.6 Å². The second-order valence-electron chi connectivity index (χ2n) is 4.25. The molecule has 0 aromatic heterocycles. The summed E-state index contributed by atoms with van der Waals surface area (Å²) in [4.78, 5) is 33.4. The largest absolute Gasteiger partial charge is 0.471 e. The molecule has 9 heteroatoms. The van der Waals surface area contributed by atoms with Crippen LogP contribution in [0.1, 0.15) is 5.56 Å². The van der Waals surface area contributed by atoms with Gasteiger partial charge in [0, 0.05) is 23.9 Å². The van der Waals surface area contributed by atoms with Gasteiger partial charge >= 0.3 is 18.1 Å². The van der Waals surface area contributed by atoms with Gasteiger partial charge < -0.3 is 9.64 Å². The van der Waals surface area contributed by atoms with Crippen molar-refractivity contribution in [3.8, 4) is 0 Å². The highest BCUT2D eigenvalue weighted by Crippen LogP contribution is 2.27. The van der Waals surface area contributed by atoms with Crippen LogP contribution in [-0.4, -0.2) is 31.7 Å². The van der Waals surface area contributed by atoms with Crippen molar-refractivity contribution in [1.82, 2.24) is 0 Å². The van der Waals surface area contributed by atoms with E-state index >= 15 is 0 Å². The number of para-hydroxylation sites is 1. The predicted molar refractivity (Wildman–Crippen MR) is 75.5 cm³/mol. The van der Waals surface area contributed by atoms with Gasteiger partial charge in [0.1, 0.15) is 6.54 Å². The summed E-state index contributed by atoms with van der Waals surface area (Å²) in [5.41, 5.74) is 0.0514. The normalized spacial score (nSPS) is 11.3. The lowest BCUT2D eigenvalue weighted by atomic mass is 10.1. The fraction of sp³-hybridized carbons (Fsp3) is 0.286. The summed E-state index contributed by atoms with van der Waals surface area (Å²) in [7, 11) is 1.11. The predicted octanol–water partition coefficient (Wildman–Crippen LogP) is 2.58. The lowest BCUT2D eigenvalue weighted by Crippen LogP contribution is -2.41. The fourth-order valence-corrected chi connectivity index (χ4v) is 1.74. The van der Waals surface area contributed by atoms with Gasteiger partial charge in [0.2, 0.25) is 0 Å². The van der Waals surface area contributed by atoms with Crippen LogP contribution in [-0.2, 0) is 20.9 Å². The first kappa shape index (κ1) is 18.3. The maximum Gasteiger partial charge on any atom is 0.471 e. The van der Waals surface area contributed by atoms with E-state index in [0.29, 0.717) is 4.90 Å². The minimum absolute atomic E-state index is 0.107. The highest BCUT2D eigenvalue weighted by Gasteiger charge is 2.43. The summed E-state index contributed by atoms with van der Waals surface area (Å²) < 4.78 is 42.6. The smallest absolute Gasteiger partial charge is 0.466 e. The number of anilines is 1.